The third kappa shape index (κ3) is 3.73. The molecule has 22 heavy (non-hydrogen) atoms. The largest absolute Gasteiger partial charge is 0.486 e. The summed E-state index contributed by atoms with van der Waals surface area (Å²) in [6, 6.07) is 6.46. The molecule has 122 valence electrons. The summed E-state index contributed by atoms with van der Waals surface area (Å²) in [5.41, 5.74) is 0.918. The second-order valence-electron chi connectivity index (χ2n) is 6.48. The van der Waals surface area contributed by atoms with Crippen LogP contribution in [-0.4, -0.2) is 42.9 Å². The topological polar surface area (TPSA) is 41.9 Å². The zero-order chi connectivity index (χ0) is 15.4. The van der Waals surface area contributed by atoms with Crippen LogP contribution in [0.4, 0.5) is 0 Å². The van der Waals surface area contributed by atoms with Crippen LogP contribution in [0.25, 0.3) is 0 Å². The Labute approximate surface area is 133 Å². The number of rotatable bonds is 5. The van der Waals surface area contributed by atoms with Gasteiger partial charge in [0.05, 0.1) is 6.10 Å². The summed E-state index contributed by atoms with van der Waals surface area (Å²) >= 11 is 0. The van der Waals surface area contributed by atoms with Gasteiger partial charge in [0.2, 0.25) is 0 Å². The van der Waals surface area contributed by atoms with Gasteiger partial charge in [0.1, 0.15) is 13.2 Å². The minimum absolute atomic E-state index is 0.443. The summed E-state index contributed by atoms with van der Waals surface area (Å²) in [5, 5.41) is 10.4. The average molecular weight is 305 g/mol. The number of hydrogen-bond acceptors (Lipinski definition) is 4. The van der Waals surface area contributed by atoms with E-state index in [0.29, 0.717) is 19.3 Å². The molecular weight excluding hydrogens is 278 g/mol. The predicted molar refractivity (Wildman–Crippen MR) is 86.5 cm³/mol. The van der Waals surface area contributed by atoms with E-state index in [1.807, 2.05) is 18.2 Å². The maximum Gasteiger partial charge on any atom is 0.161 e. The van der Waals surface area contributed by atoms with E-state index in [-0.39, 0.29) is 0 Å². The first-order valence-electron chi connectivity index (χ1n) is 8.52. The molecule has 1 aliphatic carbocycles. The Morgan fingerprint density at radius 3 is 2.64 bits per heavy atom. The SMILES string of the molecule is CN(CCC(O)c1ccc2c(c1)OCCO2)C1CCCCC1. The first-order chi connectivity index (χ1) is 10.7. The highest BCUT2D eigenvalue weighted by molar-refractivity contribution is 5.44. The highest BCUT2D eigenvalue weighted by Gasteiger charge is 2.20. The Balaban J connectivity index is 1.54. The van der Waals surface area contributed by atoms with Crippen LogP contribution in [-0.2, 0) is 0 Å². The predicted octanol–water partition coefficient (Wildman–Crippen LogP) is 3.15. The minimum atomic E-state index is -0.443. The maximum atomic E-state index is 10.4. The molecule has 0 bridgehead atoms. The van der Waals surface area contributed by atoms with E-state index in [0.717, 1.165) is 30.0 Å². The van der Waals surface area contributed by atoms with Crippen molar-refractivity contribution < 1.29 is 14.6 Å². The molecule has 1 heterocycles. The van der Waals surface area contributed by atoms with Gasteiger partial charge < -0.3 is 19.5 Å². The molecule has 1 N–H and O–H groups in total. The monoisotopic (exact) mass is 305 g/mol. The van der Waals surface area contributed by atoms with Gasteiger partial charge in [-0.3, -0.25) is 0 Å². The average Bonchev–Trinajstić information content (AvgIpc) is 2.59. The van der Waals surface area contributed by atoms with Crippen LogP contribution >= 0.6 is 0 Å². The van der Waals surface area contributed by atoms with Crippen molar-refractivity contribution in [2.45, 2.75) is 50.7 Å². The molecule has 1 atom stereocenters. The summed E-state index contributed by atoms with van der Waals surface area (Å²) in [4.78, 5) is 2.42. The highest BCUT2D eigenvalue weighted by atomic mass is 16.6. The number of hydrogen-bond donors (Lipinski definition) is 1. The molecule has 1 fully saturated rings. The Bertz CT molecular complexity index is 485. The molecule has 0 radical (unpaired) electrons. The summed E-state index contributed by atoms with van der Waals surface area (Å²) < 4.78 is 11.1. The lowest BCUT2D eigenvalue weighted by atomic mass is 9.94. The minimum Gasteiger partial charge on any atom is -0.486 e. The van der Waals surface area contributed by atoms with Gasteiger partial charge in [-0.15, -0.1) is 0 Å². The molecule has 2 aliphatic rings. The van der Waals surface area contributed by atoms with Gasteiger partial charge in [0.25, 0.3) is 0 Å². The maximum absolute atomic E-state index is 10.4. The second-order valence-corrected chi connectivity index (χ2v) is 6.48. The van der Waals surface area contributed by atoms with Crippen LogP contribution in [0.3, 0.4) is 0 Å². The number of ether oxygens (including phenoxy) is 2. The van der Waals surface area contributed by atoms with E-state index < -0.39 is 6.10 Å². The zero-order valence-corrected chi connectivity index (χ0v) is 13.5. The van der Waals surface area contributed by atoms with Gasteiger partial charge in [-0.1, -0.05) is 25.3 Å². The molecule has 4 heteroatoms. The lowest BCUT2D eigenvalue weighted by Crippen LogP contribution is -2.34. The van der Waals surface area contributed by atoms with E-state index in [9.17, 15) is 5.11 Å². The number of benzene rings is 1. The van der Waals surface area contributed by atoms with Crippen LogP contribution in [0.2, 0.25) is 0 Å². The molecule has 1 aromatic carbocycles. The standard InChI is InChI=1S/C18H27NO3/c1-19(15-5-3-2-4-6-15)10-9-16(20)14-7-8-17-18(13-14)22-12-11-21-17/h7-8,13,15-16,20H,2-6,9-12H2,1H3. The Morgan fingerprint density at radius 2 is 1.86 bits per heavy atom. The molecule has 1 aliphatic heterocycles. The molecule has 1 unspecified atom stereocenters. The van der Waals surface area contributed by atoms with Gasteiger partial charge in [0, 0.05) is 12.6 Å². The van der Waals surface area contributed by atoms with Crippen molar-refractivity contribution in [3.05, 3.63) is 23.8 Å². The fourth-order valence-electron chi connectivity index (χ4n) is 3.46. The number of aliphatic hydroxyl groups is 1. The summed E-state index contributed by atoms with van der Waals surface area (Å²) in [6.45, 7) is 2.11. The van der Waals surface area contributed by atoms with Crippen LogP contribution < -0.4 is 9.47 Å². The zero-order valence-electron chi connectivity index (χ0n) is 13.5. The molecule has 0 aromatic heterocycles. The van der Waals surface area contributed by atoms with Crippen LogP contribution in [0.5, 0.6) is 11.5 Å². The van der Waals surface area contributed by atoms with Gasteiger partial charge >= 0.3 is 0 Å². The van der Waals surface area contributed by atoms with E-state index >= 15 is 0 Å². The van der Waals surface area contributed by atoms with Crippen LogP contribution in [0, 0.1) is 0 Å². The summed E-state index contributed by atoms with van der Waals surface area (Å²) in [5.74, 6) is 1.53. The van der Waals surface area contributed by atoms with E-state index in [1.54, 1.807) is 0 Å². The second kappa shape index (κ2) is 7.34. The lowest BCUT2D eigenvalue weighted by Gasteiger charge is -2.31. The molecule has 0 amide bonds. The van der Waals surface area contributed by atoms with Crippen molar-refractivity contribution in [3.8, 4) is 11.5 Å². The number of nitrogens with zero attached hydrogens (tertiary/aromatic N) is 1. The van der Waals surface area contributed by atoms with E-state index in [4.69, 9.17) is 9.47 Å². The van der Waals surface area contributed by atoms with Gasteiger partial charge in [-0.25, -0.2) is 0 Å². The van der Waals surface area contributed by atoms with Gasteiger partial charge in [-0.2, -0.15) is 0 Å². The smallest absolute Gasteiger partial charge is 0.161 e. The van der Waals surface area contributed by atoms with Gasteiger partial charge in [-0.05, 0) is 44.0 Å². The molecule has 1 saturated carbocycles. The third-order valence-corrected chi connectivity index (χ3v) is 4.90. The lowest BCUT2D eigenvalue weighted by molar-refractivity contribution is 0.124. The van der Waals surface area contributed by atoms with Crippen LogP contribution in [0.1, 0.15) is 50.2 Å². The highest BCUT2D eigenvalue weighted by Crippen LogP contribution is 2.33. The Morgan fingerprint density at radius 1 is 1.14 bits per heavy atom. The van der Waals surface area contributed by atoms with Crippen molar-refractivity contribution in [2.24, 2.45) is 0 Å². The molecule has 3 rings (SSSR count). The van der Waals surface area contributed by atoms with E-state index in [1.165, 1.54) is 32.1 Å². The quantitative estimate of drug-likeness (QED) is 0.907. The first kappa shape index (κ1) is 15.6. The fourth-order valence-corrected chi connectivity index (χ4v) is 3.46. The van der Waals surface area contributed by atoms with Crippen LogP contribution in [0.15, 0.2) is 18.2 Å². The van der Waals surface area contributed by atoms with Crippen molar-refractivity contribution >= 4 is 0 Å². The number of fused-ring (bicyclic) bond motifs is 1. The first-order valence-corrected chi connectivity index (χ1v) is 8.52. The van der Waals surface area contributed by atoms with Crippen molar-refractivity contribution in [2.75, 3.05) is 26.8 Å². The summed E-state index contributed by atoms with van der Waals surface area (Å²) in [6.07, 6.45) is 6.99. The molecule has 1 aromatic rings. The Kier molecular flexibility index (Phi) is 5.21. The van der Waals surface area contributed by atoms with Crippen molar-refractivity contribution in [1.82, 2.24) is 4.90 Å². The molecule has 0 saturated heterocycles. The van der Waals surface area contributed by atoms with E-state index in [2.05, 4.69) is 11.9 Å². The van der Waals surface area contributed by atoms with Crippen molar-refractivity contribution in [1.29, 1.82) is 0 Å². The normalized spacial score (nSPS) is 20.1. The summed E-state index contributed by atoms with van der Waals surface area (Å²) in [7, 11) is 2.19. The fraction of sp³-hybridized carbons (Fsp3) is 0.667. The Hall–Kier alpha value is -1.26. The van der Waals surface area contributed by atoms with Gasteiger partial charge in [0.15, 0.2) is 11.5 Å². The third-order valence-electron chi connectivity index (χ3n) is 4.90. The molecule has 0 spiro atoms. The molecular formula is C18H27NO3. The van der Waals surface area contributed by atoms with Crippen molar-refractivity contribution in [3.63, 3.8) is 0 Å². The molecule has 4 nitrogen and oxygen atoms in total. The number of aliphatic hydroxyl groups excluding tert-OH is 1.